The molecule has 0 aliphatic carbocycles. The van der Waals surface area contributed by atoms with Crippen LogP contribution in [0.2, 0.25) is 0 Å². The van der Waals surface area contributed by atoms with E-state index < -0.39 is 10.0 Å². The Balaban J connectivity index is 1.47. The number of hydrogen-bond acceptors (Lipinski definition) is 5. The number of sulfonamides is 1. The summed E-state index contributed by atoms with van der Waals surface area (Å²) in [6.45, 7) is 9.58. The molecule has 2 aromatic rings. The molecule has 1 amide bonds. The quantitative estimate of drug-likeness (QED) is 0.722. The highest BCUT2D eigenvalue weighted by molar-refractivity contribution is 7.91. The minimum absolute atomic E-state index is 0.124. The van der Waals surface area contributed by atoms with E-state index in [4.69, 9.17) is 0 Å². The number of fused-ring (bicyclic) bond motifs is 1. The molecule has 0 saturated carbocycles. The summed E-state index contributed by atoms with van der Waals surface area (Å²) < 4.78 is 28.6. The van der Waals surface area contributed by atoms with Crippen LogP contribution < -0.4 is 4.90 Å². The lowest BCUT2D eigenvalue weighted by atomic mass is 10.1. The summed E-state index contributed by atoms with van der Waals surface area (Å²) in [7, 11) is -3.50. The van der Waals surface area contributed by atoms with Crippen LogP contribution >= 0.6 is 11.3 Å². The average Bonchev–Trinajstić information content (AvgIpc) is 3.19. The first kappa shape index (κ1) is 21.3. The molecular formula is C22H29N3O3S2. The minimum Gasteiger partial charge on any atom is -0.369 e. The summed E-state index contributed by atoms with van der Waals surface area (Å²) >= 11 is 1.38. The topological polar surface area (TPSA) is 60.9 Å². The molecule has 0 radical (unpaired) electrons. The summed E-state index contributed by atoms with van der Waals surface area (Å²) in [6, 6.07) is 8.20. The minimum atomic E-state index is -3.50. The molecule has 162 valence electrons. The maximum Gasteiger partial charge on any atom is 0.252 e. The van der Waals surface area contributed by atoms with Gasteiger partial charge < -0.3 is 9.80 Å². The zero-order valence-electron chi connectivity index (χ0n) is 17.8. The molecule has 0 bridgehead atoms. The fourth-order valence-electron chi connectivity index (χ4n) is 4.23. The number of aryl methyl sites for hydroxylation is 2. The molecule has 0 atom stereocenters. The van der Waals surface area contributed by atoms with E-state index in [0.717, 1.165) is 16.9 Å². The van der Waals surface area contributed by atoms with Gasteiger partial charge in [0.25, 0.3) is 10.0 Å². The van der Waals surface area contributed by atoms with Crippen LogP contribution in [0.3, 0.4) is 0 Å². The third-order valence-corrected chi connectivity index (χ3v) is 9.62. The average molecular weight is 448 g/mol. The van der Waals surface area contributed by atoms with E-state index in [1.807, 2.05) is 11.8 Å². The van der Waals surface area contributed by atoms with E-state index in [1.54, 1.807) is 10.4 Å². The number of piperazine rings is 1. The molecule has 6 nitrogen and oxygen atoms in total. The molecule has 1 saturated heterocycles. The summed E-state index contributed by atoms with van der Waals surface area (Å²) in [4.78, 5) is 17.2. The van der Waals surface area contributed by atoms with Gasteiger partial charge in [-0.15, -0.1) is 11.3 Å². The Bertz CT molecular complexity index is 1050. The highest BCUT2D eigenvalue weighted by atomic mass is 32.2. The van der Waals surface area contributed by atoms with Crippen LogP contribution in [0.25, 0.3) is 0 Å². The van der Waals surface area contributed by atoms with Crippen LogP contribution in [-0.2, 0) is 27.8 Å². The number of benzene rings is 1. The Morgan fingerprint density at radius 1 is 1.07 bits per heavy atom. The molecule has 2 aliphatic rings. The van der Waals surface area contributed by atoms with Crippen LogP contribution in [-0.4, -0.2) is 56.3 Å². The summed E-state index contributed by atoms with van der Waals surface area (Å²) in [5.41, 5.74) is 4.61. The molecule has 0 unspecified atom stereocenters. The molecule has 4 rings (SSSR count). The van der Waals surface area contributed by atoms with Crippen molar-refractivity contribution in [2.24, 2.45) is 0 Å². The Morgan fingerprint density at radius 2 is 1.80 bits per heavy atom. The predicted molar refractivity (Wildman–Crippen MR) is 121 cm³/mol. The Labute approximate surface area is 183 Å². The first-order chi connectivity index (χ1) is 14.3. The number of hydrogen-bond donors (Lipinski definition) is 0. The lowest BCUT2D eigenvalue weighted by molar-refractivity contribution is -0.131. The SMILES string of the molecule is CCC(=O)N1CCc2sc(S(=O)(=O)N3CCN(c4cc(C)ccc4C)CC3)cc2C1. The van der Waals surface area contributed by atoms with E-state index in [2.05, 4.69) is 36.9 Å². The first-order valence-corrected chi connectivity index (χ1v) is 12.8. The number of amides is 1. The lowest BCUT2D eigenvalue weighted by Gasteiger charge is -2.36. The number of carbonyl (C=O) groups excluding carboxylic acids is 1. The van der Waals surface area contributed by atoms with Crippen molar-refractivity contribution >= 4 is 33.0 Å². The lowest BCUT2D eigenvalue weighted by Crippen LogP contribution is -2.48. The van der Waals surface area contributed by atoms with Crippen LogP contribution in [0.5, 0.6) is 0 Å². The third kappa shape index (κ3) is 4.00. The van der Waals surface area contributed by atoms with Crippen molar-refractivity contribution in [3.8, 4) is 0 Å². The van der Waals surface area contributed by atoms with E-state index in [9.17, 15) is 13.2 Å². The molecule has 2 aliphatic heterocycles. The molecule has 0 spiro atoms. The van der Waals surface area contributed by atoms with Crippen LogP contribution in [0.1, 0.15) is 34.9 Å². The normalized spacial score (nSPS) is 17.8. The van der Waals surface area contributed by atoms with Crippen molar-refractivity contribution in [3.05, 3.63) is 45.8 Å². The molecular weight excluding hydrogens is 418 g/mol. The molecule has 1 fully saturated rings. The van der Waals surface area contributed by atoms with Crippen molar-refractivity contribution in [1.82, 2.24) is 9.21 Å². The summed E-state index contributed by atoms with van der Waals surface area (Å²) in [5.74, 6) is 0.124. The number of anilines is 1. The van der Waals surface area contributed by atoms with Gasteiger partial charge in [0.05, 0.1) is 0 Å². The molecule has 1 aromatic carbocycles. The number of carbonyl (C=O) groups is 1. The van der Waals surface area contributed by atoms with Crippen molar-refractivity contribution in [2.75, 3.05) is 37.6 Å². The van der Waals surface area contributed by atoms with Gasteiger partial charge in [-0.2, -0.15) is 4.31 Å². The molecule has 3 heterocycles. The first-order valence-electron chi connectivity index (χ1n) is 10.5. The molecule has 0 N–H and O–H groups in total. The van der Waals surface area contributed by atoms with Gasteiger partial charge in [-0.3, -0.25) is 4.79 Å². The van der Waals surface area contributed by atoms with Gasteiger partial charge >= 0.3 is 0 Å². The fraction of sp³-hybridized carbons (Fsp3) is 0.500. The van der Waals surface area contributed by atoms with Gasteiger partial charge in [-0.05, 0) is 49.1 Å². The zero-order valence-corrected chi connectivity index (χ0v) is 19.5. The van der Waals surface area contributed by atoms with Crippen LogP contribution in [0, 0.1) is 13.8 Å². The smallest absolute Gasteiger partial charge is 0.252 e. The predicted octanol–water partition coefficient (Wildman–Crippen LogP) is 3.17. The molecule has 30 heavy (non-hydrogen) atoms. The Kier molecular flexibility index (Phi) is 5.92. The summed E-state index contributed by atoms with van der Waals surface area (Å²) in [6.07, 6.45) is 1.22. The maximum absolute atomic E-state index is 13.3. The van der Waals surface area contributed by atoms with Crippen LogP contribution in [0.15, 0.2) is 28.5 Å². The van der Waals surface area contributed by atoms with Crippen molar-refractivity contribution in [1.29, 1.82) is 0 Å². The van der Waals surface area contributed by atoms with Gasteiger partial charge in [0.1, 0.15) is 4.21 Å². The maximum atomic E-state index is 13.3. The number of thiophene rings is 1. The van der Waals surface area contributed by atoms with Gasteiger partial charge in [0.15, 0.2) is 0 Å². The monoisotopic (exact) mass is 447 g/mol. The van der Waals surface area contributed by atoms with Gasteiger partial charge in [0, 0.05) is 56.3 Å². The highest BCUT2D eigenvalue weighted by Gasteiger charge is 2.32. The van der Waals surface area contributed by atoms with Gasteiger partial charge in [0.2, 0.25) is 5.91 Å². The van der Waals surface area contributed by atoms with E-state index in [0.29, 0.717) is 49.9 Å². The summed E-state index contributed by atoms with van der Waals surface area (Å²) in [5, 5.41) is 0. The zero-order chi connectivity index (χ0) is 21.5. The van der Waals surface area contributed by atoms with E-state index in [1.165, 1.54) is 28.2 Å². The number of nitrogens with zero attached hydrogens (tertiary/aromatic N) is 3. The largest absolute Gasteiger partial charge is 0.369 e. The number of rotatable bonds is 4. The van der Waals surface area contributed by atoms with Crippen molar-refractivity contribution in [3.63, 3.8) is 0 Å². The fourth-order valence-corrected chi connectivity index (χ4v) is 7.35. The third-order valence-electron chi connectivity index (χ3n) is 6.04. The van der Waals surface area contributed by atoms with Crippen molar-refractivity contribution < 1.29 is 13.2 Å². The second kappa shape index (κ2) is 8.32. The van der Waals surface area contributed by atoms with Crippen molar-refractivity contribution in [2.45, 2.75) is 44.4 Å². The Hall–Kier alpha value is -1.90. The second-order valence-electron chi connectivity index (χ2n) is 8.11. The Morgan fingerprint density at radius 3 is 2.50 bits per heavy atom. The van der Waals surface area contributed by atoms with Gasteiger partial charge in [-0.25, -0.2) is 8.42 Å². The highest BCUT2D eigenvalue weighted by Crippen LogP contribution is 2.33. The van der Waals surface area contributed by atoms with Gasteiger partial charge in [-0.1, -0.05) is 19.1 Å². The van der Waals surface area contributed by atoms with E-state index >= 15 is 0 Å². The van der Waals surface area contributed by atoms with Crippen LogP contribution in [0.4, 0.5) is 5.69 Å². The van der Waals surface area contributed by atoms with E-state index in [-0.39, 0.29) is 5.91 Å². The molecule has 1 aromatic heterocycles. The molecule has 8 heteroatoms. The standard InChI is InChI=1S/C22H29N3O3S2/c1-4-21(26)24-8-7-20-18(15-24)14-22(29-20)30(27,28)25-11-9-23(10-12-25)19-13-16(2)5-6-17(19)3/h5-6,13-14H,4,7-12,15H2,1-3H3. The second-order valence-corrected chi connectivity index (χ2v) is 11.4.